The maximum atomic E-state index is 5.40. The Kier molecular flexibility index (Phi) is 2.43. The van der Waals surface area contributed by atoms with Crippen molar-refractivity contribution in [1.29, 1.82) is 0 Å². The fraction of sp³-hybridized carbons (Fsp3) is 0.556. The predicted molar refractivity (Wildman–Crippen MR) is 51.0 cm³/mol. The number of hydrogen-bond donors (Lipinski definition) is 2. The minimum Gasteiger partial charge on any atom is -0.349 e. The van der Waals surface area contributed by atoms with Gasteiger partial charge in [0.15, 0.2) is 0 Å². The van der Waals surface area contributed by atoms with Gasteiger partial charge in [0, 0.05) is 12.1 Å². The molecule has 3 nitrogen and oxygen atoms in total. The Morgan fingerprint density at radius 1 is 1.50 bits per heavy atom. The Balaban J connectivity index is 2.79. The SMILES string of the molecule is CC(C)(C)N1CC=CC=C1NN. The quantitative estimate of drug-likeness (QED) is 0.451. The maximum Gasteiger partial charge on any atom is 0.116 e. The van der Waals surface area contributed by atoms with Crippen molar-refractivity contribution in [3.63, 3.8) is 0 Å². The number of nitrogens with zero attached hydrogens (tertiary/aromatic N) is 1. The maximum absolute atomic E-state index is 5.40. The van der Waals surface area contributed by atoms with Crippen LogP contribution >= 0.6 is 0 Å². The van der Waals surface area contributed by atoms with Crippen LogP contribution in [0.5, 0.6) is 0 Å². The Bertz CT molecular complexity index is 210. The van der Waals surface area contributed by atoms with Gasteiger partial charge in [-0.1, -0.05) is 12.2 Å². The zero-order valence-electron chi connectivity index (χ0n) is 7.96. The van der Waals surface area contributed by atoms with Crippen LogP contribution in [0.1, 0.15) is 20.8 Å². The van der Waals surface area contributed by atoms with Gasteiger partial charge in [0.2, 0.25) is 0 Å². The van der Waals surface area contributed by atoms with E-state index in [-0.39, 0.29) is 5.54 Å². The molecule has 3 N–H and O–H groups in total. The van der Waals surface area contributed by atoms with E-state index in [2.05, 4.69) is 37.2 Å². The average Bonchev–Trinajstić information content (AvgIpc) is 2.03. The fourth-order valence-electron chi connectivity index (χ4n) is 1.28. The van der Waals surface area contributed by atoms with Gasteiger partial charge >= 0.3 is 0 Å². The summed E-state index contributed by atoms with van der Waals surface area (Å²) >= 11 is 0. The van der Waals surface area contributed by atoms with Gasteiger partial charge in [-0.2, -0.15) is 0 Å². The molecule has 0 bridgehead atoms. The molecule has 1 aliphatic rings. The van der Waals surface area contributed by atoms with Gasteiger partial charge in [0.05, 0.1) is 0 Å². The van der Waals surface area contributed by atoms with Crippen LogP contribution in [0.15, 0.2) is 24.0 Å². The van der Waals surface area contributed by atoms with Crippen LogP contribution < -0.4 is 11.3 Å². The van der Waals surface area contributed by atoms with E-state index in [1.54, 1.807) is 0 Å². The highest BCUT2D eigenvalue weighted by molar-refractivity contribution is 5.17. The first kappa shape index (κ1) is 9.13. The molecule has 0 atom stereocenters. The number of nitrogens with one attached hydrogen (secondary N) is 1. The van der Waals surface area contributed by atoms with Crippen LogP contribution in [0.2, 0.25) is 0 Å². The highest BCUT2D eigenvalue weighted by Gasteiger charge is 2.22. The Morgan fingerprint density at radius 2 is 2.17 bits per heavy atom. The van der Waals surface area contributed by atoms with E-state index in [1.165, 1.54) is 0 Å². The lowest BCUT2D eigenvalue weighted by Crippen LogP contribution is -2.47. The highest BCUT2D eigenvalue weighted by atomic mass is 15.4. The van der Waals surface area contributed by atoms with Crippen molar-refractivity contribution in [2.75, 3.05) is 6.54 Å². The summed E-state index contributed by atoms with van der Waals surface area (Å²) in [4.78, 5) is 2.22. The molecule has 1 aliphatic heterocycles. The average molecular weight is 167 g/mol. The molecule has 0 saturated heterocycles. The molecular weight excluding hydrogens is 150 g/mol. The van der Waals surface area contributed by atoms with Crippen LogP contribution in [0, 0.1) is 0 Å². The third kappa shape index (κ3) is 1.80. The van der Waals surface area contributed by atoms with Crippen molar-refractivity contribution >= 4 is 0 Å². The molecule has 0 saturated carbocycles. The molecule has 0 radical (unpaired) electrons. The molecule has 68 valence electrons. The summed E-state index contributed by atoms with van der Waals surface area (Å²) in [7, 11) is 0. The monoisotopic (exact) mass is 167 g/mol. The topological polar surface area (TPSA) is 41.3 Å². The van der Waals surface area contributed by atoms with Gasteiger partial charge in [-0.15, -0.1) is 0 Å². The fourth-order valence-corrected chi connectivity index (χ4v) is 1.28. The van der Waals surface area contributed by atoms with Crippen molar-refractivity contribution in [3.05, 3.63) is 24.0 Å². The van der Waals surface area contributed by atoms with E-state index in [9.17, 15) is 0 Å². The van der Waals surface area contributed by atoms with Crippen molar-refractivity contribution < 1.29 is 0 Å². The van der Waals surface area contributed by atoms with E-state index in [1.807, 2.05) is 12.2 Å². The van der Waals surface area contributed by atoms with Gasteiger partial charge in [-0.25, -0.2) is 5.84 Å². The first-order chi connectivity index (χ1) is 5.55. The van der Waals surface area contributed by atoms with Gasteiger partial charge in [-0.05, 0) is 26.8 Å². The van der Waals surface area contributed by atoms with E-state index >= 15 is 0 Å². The first-order valence-corrected chi connectivity index (χ1v) is 4.17. The Hall–Kier alpha value is -0.960. The predicted octanol–water partition coefficient (Wildman–Crippen LogP) is 0.961. The van der Waals surface area contributed by atoms with Crippen molar-refractivity contribution in [1.82, 2.24) is 10.3 Å². The first-order valence-electron chi connectivity index (χ1n) is 4.17. The molecule has 0 unspecified atom stereocenters. The van der Waals surface area contributed by atoms with Gasteiger partial charge in [-0.3, -0.25) is 0 Å². The summed E-state index contributed by atoms with van der Waals surface area (Å²) in [5, 5.41) is 0. The molecule has 3 heteroatoms. The van der Waals surface area contributed by atoms with Crippen molar-refractivity contribution in [2.24, 2.45) is 5.84 Å². The van der Waals surface area contributed by atoms with Crippen LogP contribution in [-0.2, 0) is 0 Å². The molecule has 1 heterocycles. The summed E-state index contributed by atoms with van der Waals surface area (Å²) in [5.41, 5.74) is 2.81. The summed E-state index contributed by atoms with van der Waals surface area (Å²) in [6.45, 7) is 7.41. The second-order valence-electron chi connectivity index (χ2n) is 3.91. The van der Waals surface area contributed by atoms with Gasteiger partial charge in [0.25, 0.3) is 0 Å². The minimum atomic E-state index is 0.114. The molecule has 0 spiro atoms. The van der Waals surface area contributed by atoms with Crippen LogP contribution in [-0.4, -0.2) is 17.0 Å². The molecule has 12 heavy (non-hydrogen) atoms. The molecule has 0 aliphatic carbocycles. The third-order valence-electron chi connectivity index (χ3n) is 1.93. The van der Waals surface area contributed by atoms with Crippen LogP contribution in [0.25, 0.3) is 0 Å². The van der Waals surface area contributed by atoms with Crippen molar-refractivity contribution in [2.45, 2.75) is 26.3 Å². The van der Waals surface area contributed by atoms with Gasteiger partial charge < -0.3 is 10.3 Å². The normalized spacial score (nSPS) is 17.7. The number of nitrogens with two attached hydrogens (primary N) is 1. The van der Waals surface area contributed by atoms with E-state index in [0.717, 1.165) is 12.4 Å². The molecule has 0 aromatic heterocycles. The number of allylic oxidation sites excluding steroid dienone is 2. The highest BCUT2D eigenvalue weighted by Crippen LogP contribution is 2.19. The summed E-state index contributed by atoms with van der Waals surface area (Å²) in [6, 6.07) is 0. The Labute approximate surface area is 73.9 Å². The number of hydrazine groups is 1. The zero-order valence-corrected chi connectivity index (χ0v) is 7.96. The standard InChI is InChI=1S/C9H17N3/c1-9(2,3)12-7-5-4-6-8(12)11-10/h4-6,11H,7,10H2,1-3H3. The lowest BCUT2D eigenvalue weighted by atomic mass is 10.1. The lowest BCUT2D eigenvalue weighted by molar-refractivity contribution is 0.188. The zero-order chi connectivity index (χ0) is 9.19. The van der Waals surface area contributed by atoms with Gasteiger partial charge in [0.1, 0.15) is 5.82 Å². The van der Waals surface area contributed by atoms with Crippen molar-refractivity contribution in [3.8, 4) is 0 Å². The minimum absolute atomic E-state index is 0.114. The molecule has 0 aromatic rings. The summed E-state index contributed by atoms with van der Waals surface area (Å²) in [6.07, 6.45) is 6.11. The van der Waals surface area contributed by atoms with E-state index in [0.29, 0.717) is 0 Å². The van der Waals surface area contributed by atoms with Crippen LogP contribution in [0.4, 0.5) is 0 Å². The molecule has 1 rings (SSSR count). The van der Waals surface area contributed by atoms with E-state index < -0.39 is 0 Å². The summed E-state index contributed by atoms with van der Waals surface area (Å²) < 4.78 is 0. The molecule has 0 fully saturated rings. The van der Waals surface area contributed by atoms with E-state index in [4.69, 9.17) is 5.84 Å². The number of rotatable bonds is 1. The smallest absolute Gasteiger partial charge is 0.116 e. The number of hydrogen-bond acceptors (Lipinski definition) is 3. The summed E-state index contributed by atoms with van der Waals surface area (Å²) in [5.74, 6) is 6.37. The molecule has 0 amide bonds. The second-order valence-corrected chi connectivity index (χ2v) is 3.91. The largest absolute Gasteiger partial charge is 0.349 e. The second kappa shape index (κ2) is 3.19. The third-order valence-corrected chi connectivity index (χ3v) is 1.93. The van der Waals surface area contributed by atoms with Crippen LogP contribution in [0.3, 0.4) is 0 Å². The molecule has 0 aromatic carbocycles. The lowest BCUT2D eigenvalue weighted by Gasteiger charge is -2.39. The molecular formula is C9H17N3. The Morgan fingerprint density at radius 3 is 2.58 bits per heavy atom.